The molecular formula is C24H24Cl2O4S. The number of carboxylic acids is 2. The van der Waals surface area contributed by atoms with Crippen LogP contribution in [0.3, 0.4) is 0 Å². The van der Waals surface area contributed by atoms with Gasteiger partial charge in [0.25, 0.3) is 0 Å². The maximum atomic E-state index is 12.5. The summed E-state index contributed by atoms with van der Waals surface area (Å²) >= 11 is 13.7. The van der Waals surface area contributed by atoms with Gasteiger partial charge in [0, 0.05) is 20.9 Å². The Morgan fingerprint density at radius 1 is 1.06 bits per heavy atom. The van der Waals surface area contributed by atoms with Crippen LogP contribution >= 0.6 is 35.0 Å². The van der Waals surface area contributed by atoms with Crippen molar-refractivity contribution in [3.8, 4) is 0 Å². The Hall–Kier alpha value is -1.95. The summed E-state index contributed by atoms with van der Waals surface area (Å²) in [5, 5.41) is 21.2. The molecule has 3 unspecified atom stereocenters. The van der Waals surface area contributed by atoms with Crippen LogP contribution < -0.4 is 0 Å². The zero-order valence-electron chi connectivity index (χ0n) is 17.3. The van der Waals surface area contributed by atoms with Crippen molar-refractivity contribution in [2.45, 2.75) is 38.0 Å². The van der Waals surface area contributed by atoms with E-state index in [4.69, 9.17) is 23.2 Å². The van der Waals surface area contributed by atoms with Crippen LogP contribution in [0.4, 0.5) is 0 Å². The van der Waals surface area contributed by atoms with E-state index in [0.717, 1.165) is 10.5 Å². The molecule has 0 spiro atoms. The van der Waals surface area contributed by atoms with E-state index in [9.17, 15) is 19.8 Å². The van der Waals surface area contributed by atoms with E-state index in [1.807, 2.05) is 30.3 Å². The summed E-state index contributed by atoms with van der Waals surface area (Å²) in [6.45, 7) is 3.44. The summed E-state index contributed by atoms with van der Waals surface area (Å²) in [5.41, 5.74) is -1.52. The lowest BCUT2D eigenvalue weighted by Gasteiger charge is -2.45. The van der Waals surface area contributed by atoms with Crippen molar-refractivity contribution in [2.75, 3.05) is 0 Å². The number of carbonyl (C=O) groups is 2. The van der Waals surface area contributed by atoms with Crippen LogP contribution in [-0.2, 0) is 16.0 Å². The molecule has 0 aliphatic heterocycles. The molecule has 0 saturated carbocycles. The molecule has 1 aliphatic carbocycles. The van der Waals surface area contributed by atoms with Gasteiger partial charge in [-0.2, -0.15) is 0 Å². The second-order valence-corrected chi connectivity index (χ2v) is 10.2. The van der Waals surface area contributed by atoms with Gasteiger partial charge in [-0.15, -0.1) is 0 Å². The number of carboxylic acid groups (broad SMARTS) is 2. The Morgan fingerprint density at radius 2 is 1.68 bits per heavy atom. The minimum absolute atomic E-state index is 0.0268. The highest BCUT2D eigenvalue weighted by atomic mass is 35.5. The number of benzene rings is 2. The van der Waals surface area contributed by atoms with E-state index in [2.05, 4.69) is 0 Å². The molecule has 2 N–H and O–H groups in total. The molecule has 0 amide bonds. The van der Waals surface area contributed by atoms with E-state index in [1.165, 1.54) is 11.8 Å². The molecule has 31 heavy (non-hydrogen) atoms. The maximum Gasteiger partial charge on any atom is 0.313 e. The number of hydrogen-bond donors (Lipinski definition) is 2. The van der Waals surface area contributed by atoms with Crippen molar-refractivity contribution in [1.82, 2.24) is 0 Å². The molecule has 4 nitrogen and oxygen atoms in total. The van der Waals surface area contributed by atoms with Gasteiger partial charge in [-0.25, -0.2) is 0 Å². The predicted octanol–water partition coefficient (Wildman–Crippen LogP) is 6.80. The smallest absolute Gasteiger partial charge is 0.313 e. The quantitative estimate of drug-likeness (QED) is 0.457. The minimum atomic E-state index is -1.26. The predicted molar refractivity (Wildman–Crippen MR) is 125 cm³/mol. The Morgan fingerprint density at radius 3 is 2.19 bits per heavy atom. The van der Waals surface area contributed by atoms with E-state index in [0.29, 0.717) is 27.8 Å². The van der Waals surface area contributed by atoms with Gasteiger partial charge in [-0.05, 0) is 54.9 Å². The lowest BCUT2D eigenvalue weighted by Crippen LogP contribution is -2.48. The van der Waals surface area contributed by atoms with Gasteiger partial charge in [-0.1, -0.05) is 78.3 Å². The summed E-state index contributed by atoms with van der Waals surface area (Å²) in [6, 6.07) is 14.8. The van der Waals surface area contributed by atoms with Crippen LogP contribution in [0.1, 0.15) is 32.3 Å². The monoisotopic (exact) mass is 478 g/mol. The fourth-order valence-corrected chi connectivity index (χ4v) is 6.33. The van der Waals surface area contributed by atoms with Crippen molar-refractivity contribution in [2.24, 2.45) is 16.7 Å². The zero-order chi connectivity index (χ0) is 22.8. The second-order valence-electron chi connectivity index (χ2n) is 8.21. The van der Waals surface area contributed by atoms with Crippen molar-refractivity contribution in [1.29, 1.82) is 0 Å². The van der Waals surface area contributed by atoms with E-state index in [-0.39, 0.29) is 6.42 Å². The highest BCUT2D eigenvalue weighted by Gasteiger charge is 2.54. The normalized spacial score (nSPS) is 25.7. The molecule has 3 rings (SSSR count). The summed E-state index contributed by atoms with van der Waals surface area (Å²) < 4.78 is 0. The molecule has 3 atom stereocenters. The second kappa shape index (κ2) is 9.27. The van der Waals surface area contributed by atoms with Gasteiger partial charge >= 0.3 is 11.9 Å². The first-order valence-corrected chi connectivity index (χ1v) is 11.5. The summed E-state index contributed by atoms with van der Waals surface area (Å²) in [6.07, 6.45) is 2.56. The molecule has 0 bridgehead atoms. The molecule has 0 aromatic heterocycles. The third-order valence-electron chi connectivity index (χ3n) is 6.11. The van der Waals surface area contributed by atoms with Gasteiger partial charge in [0.2, 0.25) is 0 Å². The molecule has 164 valence electrons. The molecule has 0 heterocycles. The largest absolute Gasteiger partial charge is 0.481 e. The fraction of sp³-hybridized carbons (Fsp3) is 0.333. The molecule has 7 heteroatoms. The SMILES string of the molecule is CCC1(C(=O)O)C=C(Sc2cc(Cl)cc(Cl)c2)C(Cc2ccccc2)C(C)(C(=O)O)C1. The van der Waals surface area contributed by atoms with Crippen molar-refractivity contribution in [3.05, 3.63) is 75.1 Å². The van der Waals surface area contributed by atoms with Crippen LogP contribution in [0.15, 0.2) is 64.4 Å². The van der Waals surface area contributed by atoms with E-state index >= 15 is 0 Å². The van der Waals surface area contributed by atoms with E-state index < -0.39 is 28.7 Å². The van der Waals surface area contributed by atoms with Gasteiger partial charge < -0.3 is 10.2 Å². The van der Waals surface area contributed by atoms with Gasteiger partial charge in [0.05, 0.1) is 10.8 Å². The number of allylic oxidation sites excluding steroid dienone is 1. The van der Waals surface area contributed by atoms with Gasteiger partial charge in [-0.3, -0.25) is 9.59 Å². The topological polar surface area (TPSA) is 74.6 Å². The van der Waals surface area contributed by atoms with Gasteiger partial charge in [0.15, 0.2) is 0 Å². The molecule has 0 fully saturated rings. The molecule has 0 radical (unpaired) electrons. The first-order valence-electron chi connectivity index (χ1n) is 9.97. The first-order chi connectivity index (χ1) is 14.6. The molecule has 2 aromatic rings. The Balaban J connectivity index is 2.16. The van der Waals surface area contributed by atoms with Crippen molar-refractivity contribution in [3.63, 3.8) is 0 Å². The molecule has 2 aromatic carbocycles. The maximum absolute atomic E-state index is 12.5. The minimum Gasteiger partial charge on any atom is -0.481 e. The number of hydrogen-bond acceptors (Lipinski definition) is 3. The molecule has 1 aliphatic rings. The molecular weight excluding hydrogens is 455 g/mol. The standard InChI is InChI=1S/C24H24Cl2O4S/c1-3-24(22(29)30)13-20(31-18-11-16(25)10-17(26)12-18)19(23(2,14-24)21(27)28)9-15-7-5-4-6-8-15/h4-8,10-13,19H,3,9,14H2,1-2H3,(H,27,28)(H,29,30). The highest BCUT2D eigenvalue weighted by Crippen LogP contribution is 2.55. The Labute approximate surface area is 196 Å². The lowest BCUT2D eigenvalue weighted by atomic mass is 9.59. The number of halogens is 2. The van der Waals surface area contributed by atoms with Gasteiger partial charge in [0.1, 0.15) is 0 Å². The summed E-state index contributed by atoms with van der Waals surface area (Å²) in [4.78, 5) is 26.3. The summed E-state index contributed by atoms with van der Waals surface area (Å²) in [5.74, 6) is -2.42. The first kappa shape index (κ1) is 23.7. The van der Waals surface area contributed by atoms with Crippen LogP contribution in [0.5, 0.6) is 0 Å². The van der Waals surface area contributed by atoms with Crippen LogP contribution in [0.25, 0.3) is 0 Å². The van der Waals surface area contributed by atoms with Crippen LogP contribution in [-0.4, -0.2) is 22.2 Å². The zero-order valence-corrected chi connectivity index (χ0v) is 19.6. The number of rotatable bonds is 7. The highest BCUT2D eigenvalue weighted by molar-refractivity contribution is 8.03. The Kier molecular flexibility index (Phi) is 7.09. The average molecular weight is 479 g/mol. The summed E-state index contributed by atoms with van der Waals surface area (Å²) in [7, 11) is 0. The van der Waals surface area contributed by atoms with Crippen molar-refractivity contribution < 1.29 is 19.8 Å². The van der Waals surface area contributed by atoms with Crippen molar-refractivity contribution >= 4 is 46.9 Å². The number of aliphatic carboxylic acids is 2. The van der Waals surface area contributed by atoms with Crippen LogP contribution in [0.2, 0.25) is 10.0 Å². The number of thioether (sulfide) groups is 1. The average Bonchev–Trinajstić information content (AvgIpc) is 2.70. The third-order valence-corrected chi connectivity index (χ3v) is 7.66. The molecule has 0 saturated heterocycles. The third kappa shape index (κ3) is 4.94. The lowest BCUT2D eigenvalue weighted by molar-refractivity contribution is -0.158. The Bertz CT molecular complexity index is 1000. The fourth-order valence-electron chi connectivity index (χ4n) is 4.26. The van der Waals surface area contributed by atoms with Crippen LogP contribution in [0, 0.1) is 16.7 Å². The van der Waals surface area contributed by atoms with E-state index in [1.54, 1.807) is 38.1 Å².